The molecule has 0 N–H and O–H groups in total. The lowest BCUT2D eigenvalue weighted by Gasteiger charge is -2.17. The Hall–Kier alpha value is -3.27. The number of carbonyl (C=O) groups excluding carboxylic acids is 2. The van der Waals surface area contributed by atoms with Crippen molar-refractivity contribution < 1.29 is 28.0 Å². The second kappa shape index (κ2) is 9.97. The normalized spacial score (nSPS) is 10.6. The molecule has 0 aliphatic heterocycles. The molecule has 1 aromatic carbocycles. The number of hydrogen-bond acceptors (Lipinski definition) is 8. The Morgan fingerprint density at radius 3 is 2.83 bits per heavy atom. The maximum Gasteiger partial charge on any atom is 0.306 e. The zero-order chi connectivity index (χ0) is 21.5. The van der Waals surface area contributed by atoms with Crippen molar-refractivity contribution in [3.8, 4) is 17.1 Å². The first kappa shape index (κ1) is 21.4. The minimum atomic E-state index is -0.553. The van der Waals surface area contributed by atoms with E-state index in [9.17, 15) is 14.0 Å². The number of amides is 1. The van der Waals surface area contributed by atoms with Crippen molar-refractivity contribution in [2.75, 3.05) is 20.8 Å². The first-order valence-electron chi connectivity index (χ1n) is 9.03. The van der Waals surface area contributed by atoms with Crippen LogP contribution in [0.15, 0.2) is 39.5 Å². The summed E-state index contributed by atoms with van der Waals surface area (Å²) in [6.45, 7) is -0.234. The summed E-state index contributed by atoms with van der Waals surface area (Å²) < 4.78 is 28.7. The van der Waals surface area contributed by atoms with Gasteiger partial charge < -0.3 is 18.9 Å². The Morgan fingerprint density at radius 1 is 1.30 bits per heavy atom. The van der Waals surface area contributed by atoms with Crippen LogP contribution in [0, 0.1) is 5.82 Å². The molecule has 1 amide bonds. The molecule has 10 heteroatoms. The molecule has 0 unspecified atom stereocenters. The van der Waals surface area contributed by atoms with Crippen molar-refractivity contribution in [3.63, 3.8) is 0 Å². The van der Waals surface area contributed by atoms with Crippen LogP contribution in [0.1, 0.15) is 17.9 Å². The van der Waals surface area contributed by atoms with Crippen LogP contribution in [-0.2, 0) is 27.3 Å². The number of nitrogens with zero attached hydrogens (tertiary/aromatic N) is 3. The number of likely N-dealkylation sites (N-methyl/N-ethyl adjacent to an activating group) is 1. The molecule has 0 atom stereocenters. The lowest BCUT2D eigenvalue weighted by molar-refractivity contribution is -0.151. The maximum atomic E-state index is 13.7. The summed E-state index contributed by atoms with van der Waals surface area (Å²) >= 11 is 1.52. The van der Waals surface area contributed by atoms with Crippen LogP contribution in [0.2, 0.25) is 0 Å². The number of rotatable bonds is 9. The van der Waals surface area contributed by atoms with E-state index in [0.29, 0.717) is 17.3 Å². The second-order valence-electron chi connectivity index (χ2n) is 6.40. The molecule has 2 aromatic heterocycles. The highest BCUT2D eigenvalue weighted by Gasteiger charge is 2.15. The topological polar surface area (TPSA) is 94.8 Å². The molecular formula is C20H20FN3O5S. The summed E-state index contributed by atoms with van der Waals surface area (Å²) in [6.07, 6.45) is 0.219. The number of aromatic nitrogens is 2. The number of aryl methyl sites for hydroxylation is 1. The zero-order valence-corrected chi connectivity index (χ0v) is 17.3. The third-order valence-corrected chi connectivity index (χ3v) is 4.89. The molecule has 0 radical (unpaired) electrons. The number of thiophene rings is 1. The fourth-order valence-electron chi connectivity index (χ4n) is 2.57. The number of methoxy groups -OCH3 is 1. The van der Waals surface area contributed by atoms with E-state index in [2.05, 4.69) is 10.1 Å². The van der Waals surface area contributed by atoms with Crippen LogP contribution in [0.4, 0.5) is 4.39 Å². The van der Waals surface area contributed by atoms with Crippen LogP contribution in [0.5, 0.6) is 5.75 Å². The van der Waals surface area contributed by atoms with Gasteiger partial charge >= 0.3 is 5.97 Å². The average molecular weight is 433 g/mol. The number of benzene rings is 1. The van der Waals surface area contributed by atoms with Crippen LogP contribution < -0.4 is 4.74 Å². The van der Waals surface area contributed by atoms with Crippen molar-refractivity contribution in [2.45, 2.75) is 19.4 Å². The average Bonchev–Trinajstić information content (AvgIpc) is 3.42. The van der Waals surface area contributed by atoms with Crippen molar-refractivity contribution in [1.82, 2.24) is 15.0 Å². The van der Waals surface area contributed by atoms with Gasteiger partial charge in [-0.25, -0.2) is 4.39 Å². The van der Waals surface area contributed by atoms with E-state index in [1.54, 1.807) is 13.1 Å². The Morgan fingerprint density at radius 2 is 2.13 bits per heavy atom. The second-order valence-corrected chi connectivity index (χ2v) is 7.18. The predicted octanol–water partition coefficient (Wildman–Crippen LogP) is 3.08. The molecule has 3 aromatic rings. The van der Waals surface area contributed by atoms with Gasteiger partial charge in [-0.05, 0) is 29.1 Å². The standard InChI is InChI=1S/C20H20FN3O5S/c1-24(10-13-3-4-16(27-2)15(21)9-13)18(25)11-28-19(26)6-5-17-22-20(23-29-17)14-7-8-30-12-14/h3-4,7-9,12H,5-6,10-11H2,1-2H3. The molecule has 0 bridgehead atoms. The third-order valence-electron chi connectivity index (χ3n) is 4.21. The van der Waals surface area contributed by atoms with Gasteiger partial charge in [-0.15, -0.1) is 0 Å². The Bertz CT molecular complexity index is 1010. The molecule has 0 aliphatic rings. The van der Waals surface area contributed by atoms with Gasteiger partial charge in [0, 0.05) is 31.0 Å². The molecule has 0 saturated heterocycles. The van der Waals surface area contributed by atoms with Gasteiger partial charge in [0.15, 0.2) is 18.2 Å². The van der Waals surface area contributed by atoms with E-state index in [-0.39, 0.29) is 25.1 Å². The number of hydrogen-bond donors (Lipinski definition) is 0. The number of carbonyl (C=O) groups is 2. The van der Waals surface area contributed by atoms with Crippen molar-refractivity contribution in [3.05, 3.63) is 52.3 Å². The van der Waals surface area contributed by atoms with Gasteiger partial charge in [0.1, 0.15) is 0 Å². The highest BCUT2D eigenvalue weighted by molar-refractivity contribution is 7.08. The molecule has 30 heavy (non-hydrogen) atoms. The third kappa shape index (κ3) is 5.63. The van der Waals surface area contributed by atoms with Gasteiger partial charge in [0.2, 0.25) is 11.7 Å². The number of esters is 1. The van der Waals surface area contributed by atoms with E-state index in [1.807, 2.05) is 16.8 Å². The maximum absolute atomic E-state index is 13.7. The molecule has 8 nitrogen and oxygen atoms in total. The van der Waals surface area contributed by atoms with Gasteiger partial charge in [-0.1, -0.05) is 11.2 Å². The smallest absolute Gasteiger partial charge is 0.306 e. The molecule has 2 heterocycles. The monoisotopic (exact) mass is 433 g/mol. The Labute approximate surface area is 176 Å². The summed E-state index contributed by atoms with van der Waals surface area (Å²) in [7, 11) is 2.92. The predicted molar refractivity (Wildman–Crippen MR) is 106 cm³/mol. The van der Waals surface area contributed by atoms with E-state index in [4.69, 9.17) is 14.0 Å². The van der Waals surface area contributed by atoms with Crippen molar-refractivity contribution >= 4 is 23.2 Å². The number of halogens is 1. The summed E-state index contributed by atoms with van der Waals surface area (Å²) in [5.74, 6) is -0.556. The van der Waals surface area contributed by atoms with Crippen LogP contribution in [0.3, 0.4) is 0 Å². The summed E-state index contributed by atoms with van der Waals surface area (Å²) in [5.41, 5.74) is 1.44. The van der Waals surface area contributed by atoms with Gasteiger partial charge in [0.25, 0.3) is 5.91 Å². The van der Waals surface area contributed by atoms with E-state index < -0.39 is 24.3 Å². The minimum absolute atomic E-state index is 0.00591. The molecule has 0 spiro atoms. The van der Waals surface area contributed by atoms with E-state index in [0.717, 1.165) is 5.56 Å². The SMILES string of the molecule is COc1ccc(CN(C)C(=O)COC(=O)CCc2nc(-c3ccsc3)no2)cc1F. The summed E-state index contributed by atoms with van der Waals surface area (Å²) in [5, 5.41) is 7.66. The van der Waals surface area contributed by atoms with Gasteiger partial charge in [-0.3, -0.25) is 9.59 Å². The van der Waals surface area contributed by atoms with Gasteiger partial charge in [-0.2, -0.15) is 16.3 Å². The Kier molecular flexibility index (Phi) is 7.12. The van der Waals surface area contributed by atoms with E-state index in [1.165, 1.54) is 35.5 Å². The lowest BCUT2D eigenvalue weighted by Crippen LogP contribution is -2.30. The molecular weight excluding hydrogens is 413 g/mol. The number of ether oxygens (including phenoxy) is 2. The van der Waals surface area contributed by atoms with Gasteiger partial charge in [0.05, 0.1) is 13.5 Å². The fourth-order valence-corrected chi connectivity index (χ4v) is 3.20. The zero-order valence-electron chi connectivity index (χ0n) is 16.5. The van der Waals surface area contributed by atoms with Crippen molar-refractivity contribution in [1.29, 1.82) is 0 Å². The molecule has 0 aliphatic carbocycles. The highest BCUT2D eigenvalue weighted by atomic mass is 32.1. The summed E-state index contributed by atoms with van der Waals surface area (Å²) in [4.78, 5) is 29.6. The Balaban J connectivity index is 1.41. The highest BCUT2D eigenvalue weighted by Crippen LogP contribution is 2.19. The molecule has 158 valence electrons. The molecule has 0 fully saturated rings. The van der Waals surface area contributed by atoms with Crippen LogP contribution in [0.25, 0.3) is 11.4 Å². The fraction of sp³-hybridized carbons (Fsp3) is 0.300. The van der Waals surface area contributed by atoms with Crippen molar-refractivity contribution in [2.24, 2.45) is 0 Å². The molecule has 0 saturated carbocycles. The quantitative estimate of drug-likeness (QED) is 0.479. The van der Waals surface area contributed by atoms with Crippen LogP contribution >= 0.6 is 11.3 Å². The minimum Gasteiger partial charge on any atom is -0.494 e. The largest absolute Gasteiger partial charge is 0.494 e. The first-order chi connectivity index (χ1) is 14.5. The van der Waals surface area contributed by atoms with E-state index >= 15 is 0 Å². The first-order valence-corrected chi connectivity index (χ1v) is 9.97. The van der Waals surface area contributed by atoms with Crippen LogP contribution in [-0.4, -0.2) is 47.7 Å². The molecule has 3 rings (SSSR count). The lowest BCUT2D eigenvalue weighted by atomic mass is 10.2. The summed E-state index contributed by atoms with van der Waals surface area (Å²) in [6, 6.07) is 6.32.